The molecule has 190 valence electrons. The van der Waals surface area contributed by atoms with Gasteiger partial charge < -0.3 is 24.3 Å². The number of rotatable bonds is 9. The number of ether oxygens (including phenoxy) is 2. The highest BCUT2D eigenvalue weighted by molar-refractivity contribution is 5.83. The Balaban J connectivity index is 1.57. The molecule has 1 atom stereocenters. The maximum Gasteiger partial charge on any atom is 0.406 e. The topological polar surface area (TPSA) is 106 Å². The summed E-state index contributed by atoms with van der Waals surface area (Å²) in [6, 6.07) is 0. The zero-order valence-electron chi connectivity index (χ0n) is 19.8. The summed E-state index contributed by atoms with van der Waals surface area (Å²) in [5.41, 5.74) is 1.30. The van der Waals surface area contributed by atoms with E-state index in [-0.39, 0.29) is 11.2 Å². The Bertz CT molecular complexity index is 1120. The zero-order valence-corrected chi connectivity index (χ0v) is 19.8. The Morgan fingerprint density at radius 3 is 2.66 bits per heavy atom. The van der Waals surface area contributed by atoms with Gasteiger partial charge in [0.15, 0.2) is 17.3 Å². The van der Waals surface area contributed by atoms with Crippen LogP contribution in [0.3, 0.4) is 0 Å². The third-order valence-electron chi connectivity index (χ3n) is 5.37. The molecule has 1 fully saturated rings. The lowest BCUT2D eigenvalue weighted by Crippen LogP contribution is -2.38. The molecule has 35 heavy (non-hydrogen) atoms. The van der Waals surface area contributed by atoms with Crippen LogP contribution in [0.5, 0.6) is 0 Å². The summed E-state index contributed by atoms with van der Waals surface area (Å²) in [6.45, 7) is 1.78. The van der Waals surface area contributed by atoms with E-state index < -0.39 is 18.8 Å². The van der Waals surface area contributed by atoms with E-state index in [1.54, 1.807) is 19.5 Å². The lowest BCUT2D eigenvalue weighted by atomic mass is 10.2. The van der Waals surface area contributed by atoms with Gasteiger partial charge in [0.05, 0.1) is 19.5 Å². The van der Waals surface area contributed by atoms with Crippen molar-refractivity contribution in [2.24, 2.45) is 0 Å². The van der Waals surface area contributed by atoms with Crippen molar-refractivity contribution in [1.29, 1.82) is 0 Å². The van der Waals surface area contributed by atoms with Crippen LogP contribution in [0, 0.1) is 0 Å². The standard InChI is InChI=1S/C21H28F3N9O2/c1-31(2)20-26-8-14(9-27-20)10-32-5-7-35-15(11-32)17-29-18(25-4-6-34-3)16-19(30-17)33(13-28-16)12-21(22,23)24/h8-9,13,15H,4-7,10-12H2,1-3H3,(H,25,29,30). The Morgan fingerprint density at radius 1 is 1.20 bits per heavy atom. The van der Waals surface area contributed by atoms with Crippen LogP contribution in [-0.4, -0.2) is 94.6 Å². The van der Waals surface area contributed by atoms with Gasteiger partial charge in [-0.15, -0.1) is 0 Å². The van der Waals surface area contributed by atoms with Crippen LogP contribution in [0.25, 0.3) is 11.2 Å². The first kappa shape index (κ1) is 25.0. The van der Waals surface area contributed by atoms with Gasteiger partial charge in [-0.3, -0.25) is 4.90 Å². The van der Waals surface area contributed by atoms with E-state index in [1.165, 1.54) is 0 Å². The van der Waals surface area contributed by atoms with E-state index >= 15 is 0 Å². The third kappa shape index (κ3) is 6.32. The minimum Gasteiger partial charge on any atom is -0.383 e. The van der Waals surface area contributed by atoms with Crippen LogP contribution in [0.4, 0.5) is 24.9 Å². The number of alkyl halides is 3. The predicted octanol–water partition coefficient (Wildman–Crippen LogP) is 1.88. The maximum atomic E-state index is 13.1. The van der Waals surface area contributed by atoms with Crippen molar-refractivity contribution < 1.29 is 22.6 Å². The number of imidazole rings is 1. The fourth-order valence-electron chi connectivity index (χ4n) is 3.73. The van der Waals surface area contributed by atoms with E-state index in [1.807, 2.05) is 19.0 Å². The summed E-state index contributed by atoms with van der Waals surface area (Å²) >= 11 is 0. The summed E-state index contributed by atoms with van der Waals surface area (Å²) in [5.74, 6) is 1.26. The fraction of sp³-hybridized carbons (Fsp3) is 0.571. The summed E-state index contributed by atoms with van der Waals surface area (Å²) in [4.78, 5) is 25.8. The smallest absolute Gasteiger partial charge is 0.383 e. The van der Waals surface area contributed by atoms with E-state index in [9.17, 15) is 13.2 Å². The van der Waals surface area contributed by atoms with Crippen molar-refractivity contribution in [2.75, 3.05) is 64.3 Å². The number of fused-ring (bicyclic) bond motifs is 1. The molecule has 11 nitrogen and oxygen atoms in total. The number of morpholine rings is 1. The van der Waals surface area contributed by atoms with Crippen molar-refractivity contribution in [3.63, 3.8) is 0 Å². The fourth-order valence-corrected chi connectivity index (χ4v) is 3.73. The average Bonchev–Trinajstić information content (AvgIpc) is 3.21. The van der Waals surface area contributed by atoms with Gasteiger partial charge in [-0.1, -0.05) is 0 Å². The predicted molar refractivity (Wildman–Crippen MR) is 122 cm³/mol. The third-order valence-corrected chi connectivity index (χ3v) is 5.37. The number of nitrogens with one attached hydrogen (secondary N) is 1. The molecule has 0 bridgehead atoms. The first-order valence-electron chi connectivity index (χ1n) is 11.1. The van der Waals surface area contributed by atoms with E-state index in [0.717, 1.165) is 16.5 Å². The summed E-state index contributed by atoms with van der Waals surface area (Å²) in [6.07, 6.45) is -0.243. The second kappa shape index (κ2) is 10.7. The van der Waals surface area contributed by atoms with Gasteiger partial charge in [-0.05, 0) is 0 Å². The first-order chi connectivity index (χ1) is 16.7. The van der Waals surface area contributed by atoms with E-state index in [4.69, 9.17) is 9.47 Å². The molecule has 0 aromatic carbocycles. The SMILES string of the molecule is COCCNc1nc(C2CN(Cc3cnc(N(C)C)nc3)CCO2)nc2c1ncn2CC(F)(F)F. The molecule has 1 N–H and O–H groups in total. The van der Waals surface area contributed by atoms with E-state index in [0.29, 0.717) is 57.0 Å². The quantitative estimate of drug-likeness (QED) is 0.442. The average molecular weight is 496 g/mol. The number of aromatic nitrogens is 6. The summed E-state index contributed by atoms with van der Waals surface area (Å²) < 4.78 is 51.3. The number of halogens is 3. The molecule has 0 radical (unpaired) electrons. The second-order valence-electron chi connectivity index (χ2n) is 8.39. The van der Waals surface area contributed by atoms with E-state index in [2.05, 4.69) is 35.1 Å². The normalized spacial score (nSPS) is 17.1. The van der Waals surface area contributed by atoms with Crippen LogP contribution in [-0.2, 0) is 22.6 Å². The molecule has 1 aliphatic rings. The first-order valence-corrected chi connectivity index (χ1v) is 11.1. The number of hydrogen-bond acceptors (Lipinski definition) is 10. The molecule has 1 aliphatic heterocycles. The van der Waals surface area contributed by atoms with Gasteiger partial charge in [0, 0.05) is 65.3 Å². The monoisotopic (exact) mass is 495 g/mol. The van der Waals surface area contributed by atoms with Gasteiger partial charge in [0.2, 0.25) is 5.95 Å². The van der Waals surface area contributed by atoms with Crippen molar-refractivity contribution >= 4 is 22.9 Å². The molecule has 4 heterocycles. The highest BCUT2D eigenvalue weighted by atomic mass is 19.4. The number of anilines is 2. The lowest BCUT2D eigenvalue weighted by Gasteiger charge is -2.32. The molecular weight excluding hydrogens is 467 g/mol. The van der Waals surface area contributed by atoms with Gasteiger partial charge in [0.1, 0.15) is 18.2 Å². The van der Waals surface area contributed by atoms with Crippen LogP contribution in [0.2, 0.25) is 0 Å². The summed E-state index contributed by atoms with van der Waals surface area (Å²) in [5, 5.41) is 3.09. The van der Waals surface area contributed by atoms with Crippen molar-refractivity contribution in [3.05, 3.63) is 30.1 Å². The highest BCUT2D eigenvalue weighted by Crippen LogP contribution is 2.27. The molecule has 0 aliphatic carbocycles. The van der Waals surface area contributed by atoms with Gasteiger partial charge in [-0.25, -0.2) is 24.9 Å². The Morgan fingerprint density at radius 2 is 1.97 bits per heavy atom. The zero-order chi connectivity index (χ0) is 25.0. The van der Waals surface area contributed by atoms with Crippen LogP contribution in [0.1, 0.15) is 17.5 Å². The highest BCUT2D eigenvalue weighted by Gasteiger charge is 2.31. The number of methoxy groups -OCH3 is 1. The largest absolute Gasteiger partial charge is 0.406 e. The molecule has 0 spiro atoms. The minimum atomic E-state index is -4.41. The van der Waals surface area contributed by atoms with Crippen LogP contribution in [0.15, 0.2) is 18.7 Å². The maximum absolute atomic E-state index is 13.1. The van der Waals surface area contributed by atoms with Crippen LogP contribution >= 0.6 is 0 Å². The van der Waals surface area contributed by atoms with Gasteiger partial charge in [-0.2, -0.15) is 13.2 Å². The molecule has 4 rings (SSSR count). The lowest BCUT2D eigenvalue weighted by molar-refractivity contribution is -0.140. The number of nitrogens with zero attached hydrogens (tertiary/aromatic N) is 8. The minimum absolute atomic E-state index is 0.0978. The molecule has 0 saturated carbocycles. The number of hydrogen-bond donors (Lipinski definition) is 1. The van der Waals surface area contributed by atoms with Gasteiger partial charge >= 0.3 is 6.18 Å². The molecule has 3 aromatic heterocycles. The van der Waals surface area contributed by atoms with Crippen LogP contribution < -0.4 is 10.2 Å². The van der Waals surface area contributed by atoms with Gasteiger partial charge in [0.25, 0.3) is 0 Å². The Labute approximate surface area is 200 Å². The molecule has 0 amide bonds. The molecule has 1 saturated heterocycles. The van der Waals surface area contributed by atoms with Crippen molar-refractivity contribution in [3.8, 4) is 0 Å². The van der Waals surface area contributed by atoms with Crippen molar-refractivity contribution in [2.45, 2.75) is 25.4 Å². The molecular formula is C21H28F3N9O2. The second-order valence-corrected chi connectivity index (χ2v) is 8.39. The molecule has 1 unspecified atom stereocenters. The Kier molecular flexibility index (Phi) is 7.62. The van der Waals surface area contributed by atoms with Crippen molar-refractivity contribution in [1.82, 2.24) is 34.4 Å². The molecule has 3 aromatic rings. The summed E-state index contributed by atoms with van der Waals surface area (Å²) in [7, 11) is 5.30. The molecule has 14 heteroatoms. The Hall–Kier alpha value is -3.10.